The zero-order chi connectivity index (χ0) is 17.3. The minimum atomic E-state index is -0.134. The summed E-state index contributed by atoms with van der Waals surface area (Å²) in [6.07, 6.45) is 5.67. The van der Waals surface area contributed by atoms with Crippen LogP contribution in [0, 0.1) is 11.3 Å². The Morgan fingerprint density at radius 2 is 1.43 bits per heavy atom. The van der Waals surface area contributed by atoms with Crippen LogP contribution >= 0.6 is 0 Å². The van der Waals surface area contributed by atoms with Crippen molar-refractivity contribution in [2.24, 2.45) is 11.3 Å². The zero-order valence-electron chi connectivity index (χ0n) is 16.3. The predicted molar refractivity (Wildman–Crippen MR) is 97.7 cm³/mol. The molecule has 0 saturated carbocycles. The highest BCUT2D eigenvalue weighted by Crippen LogP contribution is 2.32. The van der Waals surface area contributed by atoms with Crippen molar-refractivity contribution in [3.8, 4) is 0 Å². The summed E-state index contributed by atoms with van der Waals surface area (Å²) in [5, 5.41) is 0. The molecule has 3 nitrogen and oxygen atoms in total. The summed E-state index contributed by atoms with van der Waals surface area (Å²) in [5.41, 5.74) is 0.168. The number of rotatable bonds is 4. The standard InChI is InChI=1S/C20H38N2O/c1-7-20(5,6)18(23)16-8-12-21(13-9-16)17-10-14-22(15-11-17)19(2,3)4/h16-17H,7-15H2,1-6H3. The highest BCUT2D eigenvalue weighted by atomic mass is 16.1. The van der Waals surface area contributed by atoms with Gasteiger partial charge in [-0.2, -0.15) is 0 Å². The number of Topliss-reactive ketones (excluding diaryl/α,β-unsaturated/α-hetero) is 1. The van der Waals surface area contributed by atoms with E-state index in [4.69, 9.17) is 0 Å². The molecule has 0 aromatic carbocycles. The first kappa shape index (κ1) is 18.9. The Bertz CT molecular complexity index is 394. The molecular formula is C20H38N2O. The average molecular weight is 323 g/mol. The highest BCUT2D eigenvalue weighted by molar-refractivity contribution is 5.86. The molecule has 0 N–H and O–H groups in total. The number of piperidine rings is 2. The van der Waals surface area contributed by atoms with Gasteiger partial charge in [0.2, 0.25) is 0 Å². The van der Waals surface area contributed by atoms with Crippen LogP contribution in [0.5, 0.6) is 0 Å². The van der Waals surface area contributed by atoms with Crippen LogP contribution in [0.2, 0.25) is 0 Å². The van der Waals surface area contributed by atoms with Crippen LogP contribution in [0.15, 0.2) is 0 Å². The quantitative estimate of drug-likeness (QED) is 0.782. The Balaban J connectivity index is 1.81. The van der Waals surface area contributed by atoms with Crippen LogP contribution in [0.3, 0.4) is 0 Å². The van der Waals surface area contributed by atoms with E-state index in [2.05, 4.69) is 51.3 Å². The molecule has 0 spiro atoms. The molecule has 0 bridgehead atoms. The van der Waals surface area contributed by atoms with E-state index in [1.165, 1.54) is 25.9 Å². The van der Waals surface area contributed by atoms with Crippen LogP contribution in [-0.2, 0) is 4.79 Å². The molecule has 0 aromatic rings. The van der Waals surface area contributed by atoms with Gasteiger partial charge in [0, 0.05) is 36.0 Å². The van der Waals surface area contributed by atoms with Gasteiger partial charge in [-0.3, -0.25) is 9.69 Å². The summed E-state index contributed by atoms with van der Waals surface area (Å²) in [6, 6.07) is 0.740. The fourth-order valence-electron chi connectivity index (χ4n) is 4.16. The van der Waals surface area contributed by atoms with Gasteiger partial charge in [-0.25, -0.2) is 0 Å². The third-order valence-electron chi connectivity index (χ3n) is 6.38. The van der Waals surface area contributed by atoms with Crippen molar-refractivity contribution in [3.63, 3.8) is 0 Å². The van der Waals surface area contributed by atoms with Gasteiger partial charge < -0.3 is 4.90 Å². The van der Waals surface area contributed by atoms with Gasteiger partial charge in [-0.1, -0.05) is 20.8 Å². The fourth-order valence-corrected chi connectivity index (χ4v) is 4.16. The molecule has 2 aliphatic rings. The molecule has 2 heterocycles. The Hall–Kier alpha value is -0.410. The minimum Gasteiger partial charge on any atom is -0.300 e. The number of likely N-dealkylation sites (tertiary alicyclic amines) is 2. The number of hydrogen-bond acceptors (Lipinski definition) is 3. The van der Waals surface area contributed by atoms with E-state index in [-0.39, 0.29) is 5.41 Å². The van der Waals surface area contributed by atoms with Crippen LogP contribution < -0.4 is 0 Å². The lowest BCUT2D eigenvalue weighted by molar-refractivity contribution is -0.133. The molecule has 2 aliphatic heterocycles. The van der Waals surface area contributed by atoms with Crippen molar-refractivity contribution >= 4 is 5.78 Å². The smallest absolute Gasteiger partial charge is 0.141 e. The van der Waals surface area contributed by atoms with E-state index in [0.29, 0.717) is 17.2 Å². The topological polar surface area (TPSA) is 23.6 Å². The summed E-state index contributed by atoms with van der Waals surface area (Å²) in [6.45, 7) is 18.0. The van der Waals surface area contributed by atoms with Crippen LogP contribution in [-0.4, -0.2) is 53.3 Å². The first-order chi connectivity index (χ1) is 10.6. The molecule has 2 rings (SSSR count). The molecule has 0 atom stereocenters. The second kappa shape index (κ2) is 7.23. The van der Waals surface area contributed by atoms with Gasteiger partial charge in [0.05, 0.1) is 0 Å². The molecule has 2 fully saturated rings. The molecule has 0 aromatic heterocycles. The molecule has 2 saturated heterocycles. The fraction of sp³-hybridized carbons (Fsp3) is 0.950. The van der Waals surface area contributed by atoms with E-state index in [1.807, 2.05) is 0 Å². The van der Waals surface area contributed by atoms with E-state index < -0.39 is 0 Å². The number of carbonyl (C=O) groups excluding carboxylic acids is 1. The van der Waals surface area contributed by atoms with Crippen LogP contribution in [0.1, 0.15) is 73.6 Å². The maximum atomic E-state index is 12.7. The Labute approximate surface area is 143 Å². The summed E-state index contributed by atoms with van der Waals surface area (Å²) in [5.74, 6) is 0.804. The van der Waals surface area contributed by atoms with Crippen molar-refractivity contribution in [1.82, 2.24) is 9.80 Å². The molecule has 0 unspecified atom stereocenters. The normalized spacial score (nSPS) is 24.1. The third kappa shape index (κ3) is 4.57. The SMILES string of the molecule is CCC(C)(C)C(=O)C1CCN(C2CCN(C(C)(C)C)CC2)CC1. The van der Waals surface area contributed by atoms with Crippen molar-refractivity contribution in [2.45, 2.75) is 85.2 Å². The average Bonchev–Trinajstić information content (AvgIpc) is 2.53. The molecule has 0 radical (unpaired) electrons. The van der Waals surface area contributed by atoms with Gasteiger partial charge in [0.1, 0.15) is 5.78 Å². The number of nitrogens with zero attached hydrogens (tertiary/aromatic N) is 2. The molecule has 3 heteroatoms. The van der Waals surface area contributed by atoms with Crippen molar-refractivity contribution in [1.29, 1.82) is 0 Å². The van der Waals surface area contributed by atoms with Crippen LogP contribution in [0.25, 0.3) is 0 Å². The Kier molecular flexibility index (Phi) is 5.94. The minimum absolute atomic E-state index is 0.134. The lowest BCUT2D eigenvalue weighted by atomic mass is 9.76. The highest BCUT2D eigenvalue weighted by Gasteiger charge is 2.36. The predicted octanol–water partition coefficient (Wildman–Crippen LogP) is 3.97. The van der Waals surface area contributed by atoms with Gasteiger partial charge in [-0.15, -0.1) is 0 Å². The summed E-state index contributed by atoms with van der Waals surface area (Å²) < 4.78 is 0. The lowest BCUT2D eigenvalue weighted by Crippen LogP contribution is -2.52. The molecule has 23 heavy (non-hydrogen) atoms. The van der Waals surface area contributed by atoms with E-state index in [1.54, 1.807) is 0 Å². The zero-order valence-corrected chi connectivity index (χ0v) is 16.3. The second-order valence-electron chi connectivity index (χ2n) is 9.30. The molecule has 134 valence electrons. The van der Waals surface area contributed by atoms with E-state index in [9.17, 15) is 4.79 Å². The van der Waals surface area contributed by atoms with Crippen LogP contribution in [0.4, 0.5) is 0 Å². The van der Waals surface area contributed by atoms with Crippen molar-refractivity contribution in [2.75, 3.05) is 26.2 Å². The van der Waals surface area contributed by atoms with Crippen molar-refractivity contribution < 1.29 is 4.79 Å². The largest absolute Gasteiger partial charge is 0.300 e. The third-order valence-corrected chi connectivity index (χ3v) is 6.38. The Morgan fingerprint density at radius 1 is 0.913 bits per heavy atom. The monoisotopic (exact) mass is 322 g/mol. The van der Waals surface area contributed by atoms with E-state index >= 15 is 0 Å². The van der Waals surface area contributed by atoms with Gasteiger partial charge in [0.15, 0.2) is 0 Å². The molecule has 0 aliphatic carbocycles. The first-order valence-corrected chi connectivity index (χ1v) is 9.68. The first-order valence-electron chi connectivity index (χ1n) is 9.68. The summed E-state index contributed by atoms with van der Waals surface area (Å²) in [4.78, 5) is 17.9. The van der Waals surface area contributed by atoms with Gasteiger partial charge in [0.25, 0.3) is 0 Å². The maximum absolute atomic E-state index is 12.7. The maximum Gasteiger partial charge on any atom is 0.141 e. The molecular weight excluding hydrogens is 284 g/mol. The van der Waals surface area contributed by atoms with Crippen molar-refractivity contribution in [3.05, 3.63) is 0 Å². The summed E-state index contributed by atoms with van der Waals surface area (Å²) in [7, 11) is 0. The van der Waals surface area contributed by atoms with Gasteiger partial charge >= 0.3 is 0 Å². The van der Waals surface area contributed by atoms with Gasteiger partial charge in [-0.05, 0) is 66.0 Å². The number of carbonyl (C=O) groups is 1. The second-order valence-corrected chi connectivity index (χ2v) is 9.30. The lowest BCUT2D eigenvalue weighted by Gasteiger charge is -2.45. The number of ketones is 1. The number of hydrogen-bond donors (Lipinski definition) is 0. The molecule has 0 amide bonds. The van der Waals surface area contributed by atoms with E-state index in [0.717, 1.165) is 38.4 Å². The Morgan fingerprint density at radius 3 is 1.87 bits per heavy atom. The summed E-state index contributed by atoms with van der Waals surface area (Å²) >= 11 is 0.